The summed E-state index contributed by atoms with van der Waals surface area (Å²) in [5.41, 5.74) is 4.72. The summed E-state index contributed by atoms with van der Waals surface area (Å²) < 4.78 is 2.38. The van der Waals surface area contributed by atoms with E-state index in [9.17, 15) is 0 Å². The molecule has 1 aliphatic heterocycles. The molecule has 0 unspecified atom stereocenters. The first-order chi connectivity index (χ1) is 13.6. The van der Waals surface area contributed by atoms with Crippen molar-refractivity contribution in [3.05, 3.63) is 46.5 Å². The van der Waals surface area contributed by atoms with E-state index in [4.69, 9.17) is 21.6 Å². The van der Waals surface area contributed by atoms with Gasteiger partial charge in [0.2, 0.25) is 0 Å². The van der Waals surface area contributed by atoms with Crippen molar-refractivity contribution in [3.63, 3.8) is 0 Å². The van der Waals surface area contributed by atoms with Crippen LogP contribution in [-0.2, 0) is 6.42 Å². The van der Waals surface area contributed by atoms with Gasteiger partial charge >= 0.3 is 0 Å². The highest BCUT2D eigenvalue weighted by atomic mass is 35.5. The smallest absolute Gasteiger partial charge is 0.186 e. The number of rotatable bonds is 3. The van der Waals surface area contributed by atoms with Crippen molar-refractivity contribution in [2.75, 3.05) is 36.0 Å². The van der Waals surface area contributed by atoms with E-state index in [1.54, 1.807) is 22.7 Å². The molecule has 1 saturated heterocycles. The quantitative estimate of drug-likeness (QED) is 0.415. The Kier molecular flexibility index (Phi) is 4.65. The van der Waals surface area contributed by atoms with Gasteiger partial charge in [-0.25, -0.2) is 9.97 Å². The maximum atomic E-state index is 6.38. The molecule has 5 rings (SSSR count). The highest BCUT2D eigenvalue weighted by Gasteiger charge is 2.23. The summed E-state index contributed by atoms with van der Waals surface area (Å²) in [5.74, 6) is 0. The summed E-state index contributed by atoms with van der Waals surface area (Å²) in [6.07, 6.45) is 1.02. The fourth-order valence-electron chi connectivity index (χ4n) is 3.73. The lowest BCUT2D eigenvalue weighted by Crippen LogP contribution is -2.46. The lowest BCUT2D eigenvalue weighted by Gasteiger charge is -2.34. The van der Waals surface area contributed by atoms with Crippen LogP contribution in [0, 0.1) is 6.92 Å². The van der Waals surface area contributed by atoms with Crippen molar-refractivity contribution in [3.8, 4) is 0 Å². The molecule has 1 fully saturated rings. The topological polar surface area (TPSA) is 32.3 Å². The number of fused-ring (bicyclic) bond motifs is 2. The molecule has 0 bridgehead atoms. The number of aromatic nitrogens is 2. The Morgan fingerprint density at radius 1 is 0.929 bits per heavy atom. The van der Waals surface area contributed by atoms with Crippen LogP contribution >= 0.6 is 34.3 Å². The van der Waals surface area contributed by atoms with E-state index < -0.39 is 0 Å². The largest absolute Gasteiger partial charge is 0.345 e. The summed E-state index contributed by atoms with van der Waals surface area (Å²) >= 11 is 9.89. The molecule has 0 N–H and O–H groups in total. The average molecular weight is 429 g/mol. The van der Waals surface area contributed by atoms with E-state index in [2.05, 4.69) is 41.8 Å². The molecule has 0 spiro atoms. The van der Waals surface area contributed by atoms with Crippen molar-refractivity contribution >= 4 is 65.0 Å². The van der Waals surface area contributed by atoms with Crippen LogP contribution in [0.1, 0.15) is 18.1 Å². The first-order valence-electron chi connectivity index (χ1n) is 9.58. The van der Waals surface area contributed by atoms with Gasteiger partial charge in [-0.2, -0.15) is 0 Å². The van der Waals surface area contributed by atoms with Gasteiger partial charge in [-0.3, -0.25) is 0 Å². The molecule has 0 saturated carbocycles. The highest BCUT2D eigenvalue weighted by molar-refractivity contribution is 7.23. The van der Waals surface area contributed by atoms with Crippen LogP contribution in [0.5, 0.6) is 0 Å². The van der Waals surface area contributed by atoms with E-state index in [1.807, 2.05) is 12.1 Å². The molecule has 144 valence electrons. The minimum absolute atomic E-state index is 0.796. The number of halogens is 1. The lowest BCUT2D eigenvalue weighted by atomic mass is 10.1. The van der Waals surface area contributed by atoms with Gasteiger partial charge in [0.15, 0.2) is 10.3 Å². The van der Waals surface area contributed by atoms with Gasteiger partial charge in [0.05, 0.1) is 25.5 Å². The second kappa shape index (κ2) is 7.17. The monoisotopic (exact) mass is 428 g/mol. The van der Waals surface area contributed by atoms with E-state index in [0.29, 0.717) is 0 Å². The molecule has 0 aliphatic carbocycles. The third-order valence-corrected chi connectivity index (χ3v) is 8.04. The number of aryl methyl sites for hydroxylation is 2. The highest BCUT2D eigenvalue weighted by Crippen LogP contribution is 2.37. The van der Waals surface area contributed by atoms with Crippen LogP contribution in [0.25, 0.3) is 20.4 Å². The number of para-hydroxylation sites is 1. The van der Waals surface area contributed by atoms with Gasteiger partial charge in [0, 0.05) is 26.2 Å². The summed E-state index contributed by atoms with van der Waals surface area (Å²) in [6.45, 7) is 8.12. The van der Waals surface area contributed by atoms with Crippen LogP contribution in [0.3, 0.4) is 0 Å². The van der Waals surface area contributed by atoms with Crippen molar-refractivity contribution in [1.29, 1.82) is 0 Å². The normalized spacial score (nSPS) is 15.1. The van der Waals surface area contributed by atoms with E-state index in [-0.39, 0.29) is 0 Å². The molecule has 2 aromatic carbocycles. The minimum Gasteiger partial charge on any atom is -0.345 e. The molecule has 0 radical (unpaired) electrons. The second-order valence-corrected chi connectivity index (χ2v) is 9.52. The van der Waals surface area contributed by atoms with Crippen molar-refractivity contribution in [2.45, 2.75) is 20.3 Å². The van der Waals surface area contributed by atoms with Crippen molar-refractivity contribution < 1.29 is 0 Å². The number of nitrogens with zero attached hydrogens (tertiary/aromatic N) is 4. The minimum atomic E-state index is 0.796. The molecule has 0 atom stereocenters. The first kappa shape index (κ1) is 18.2. The third kappa shape index (κ3) is 3.04. The third-order valence-electron chi connectivity index (χ3n) is 5.38. The average Bonchev–Trinajstić information content (AvgIpc) is 3.36. The van der Waals surface area contributed by atoms with Gasteiger partial charge in [0.1, 0.15) is 0 Å². The zero-order valence-corrected chi connectivity index (χ0v) is 18.3. The predicted octanol–water partition coefficient (Wildman–Crippen LogP) is 5.76. The van der Waals surface area contributed by atoms with E-state index >= 15 is 0 Å². The van der Waals surface area contributed by atoms with E-state index in [1.165, 1.54) is 21.3 Å². The van der Waals surface area contributed by atoms with E-state index in [0.717, 1.165) is 58.1 Å². The number of piperazine rings is 1. The Bertz CT molecular complexity index is 1120. The standard InChI is InChI=1S/C21H21ClN4S2/c1-3-14-5-4-6-16-18(14)24-20(27-16)25-9-11-26(12-10-25)21-23-17-13(2)7-8-15(22)19(17)28-21/h4-8H,3,9-12H2,1-2H3. The van der Waals surface area contributed by atoms with Crippen LogP contribution < -0.4 is 9.80 Å². The van der Waals surface area contributed by atoms with Crippen LogP contribution in [-0.4, -0.2) is 36.1 Å². The molecule has 1 aliphatic rings. The Morgan fingerprint density at radius 2 is 1.61 bits per heavy atom. The molecule has 28 heavy (non-hydrogen) atoms. The SMILES string of the molecule is CCc1cccc2sc(N3CCN(c4nc5c(C)ccc(Cl)c5s4)CC3)nc12. The van der Waals surface area contributed by atoms with Gasteiger partial charge < -0.3 is 9.80 Å². The van der Waals surface area contributed by atoms with Gasteiger partial charge in [-0.05, 0) is 36.6 Å². The predicted molar refractivity (Wildman–Crippen MR) is 123 cm³/mol. The molecular weight excluding hydrogens is 408 g/mol. The first-order valence-corrected chi connectivity index (χ1v) is 11.6. The van der Waals surface area contributed by atoms with Gasteiger partial charge in [-0.1, -0.05) is 59.4 Å². The van der Waals surface area contributed by atoms with Crippen LogP contribution in [0.15, 0.2) is 30.3 Å². The number of benzene rings is 2. The lowest BCUT2D eigenvalue weighted by molar-refractivity contribution is 0.651. The van der Waals surface area contributed by atoms with Gasteiger partial charge in [-0.15, -0.1) is 0 Å². The Balaban J connectivity index is 1.37. The van der Waals surface area contributed by atoms with Crippen LogP contribution in [0.4, 0.5) is 10.3 Å². The van der Waals surface area contributed by atoms with Gasteiger partial charge in [0.25, 0.3) is 0 Å². The summed E-state index contributed by atoms with van der Waals surface area (Å²) in [4.78, 5) is 14.6. The molecule has 2 aromatic heterocycles. The number of anilines is 2. The molecule has 7 heteroatoms. The number of hydrogen-bond acceptors (Lipinski definition) is 6. The maximum Gasteiger partial charge on any atom is 0.186 e. The fraction of sp³-hybridized carbons (Fsp3) is 0.333. The van der Waals surface area contributed by atoms with Crippen LogP contribution in [0.2, 0.25) is 5.02 Å². The Labute approximate surface area is 177 Å². The summed E-state index contributed by atoms with van der Waals surface area (Å²) in [7, 11) is 0. The molecule has 3 heterocycles. The molecule has 4 aromatic rings. The van der Waals surface area contributed by atoms with Crippen molar-refractivity contribution in [2.24, 2.45) is 0 Å². The Hall–Kier alpha value is -1.89. The van der Waals surface area contributed by atoms with Crippen molar-refractivity contribution in [1.82, 2.24) is 9.97 Å². The second-order valence-electron chi connectivity index (χ2n) is 7.13. The fourth-order valence-corrected chi connectivity index (χ4v) is 6.16. The molecular formula is C21H21ClN4S2. The zero-order chi connectivity index (χ0) is 19.3. The number of hydrogen-bond donors (Lipinski definition) is 0. The number of thiazole rings is 2. The molecule has 0 amide bonds. The molecule has 4 nitrogen and oxygen atoms in total. The maximum absolute atomic E-state index is 6.38. The summed E-state index contributed by atoms with van der Waals surface area (Å²) in [6, 6.07) is 10.5. The Morgan fingerprint density at radius 3 is 2.29 bits per heavy atom. The summed E-state index contributed by atoms with van der Waals surface area (Å²) in [5, 5.41) is 3.01. The zero-order valence-electron chi connectivity index (χ0n) is 15.9.